The third-order valence-corrected chi connectivity index (χ3v) is 3.27. The average molecular weight is 267 g/mol. The van der Waals surface area contributed by atoms with Gasteiger partial charge >= 0.3 is 0 Å². The summed E-state index contributed by atoms with van der Waals surface area (Å²) in [7, 11) is 1.69. The topological polar surface area (TPSA) is 49.9 Å². The fourth-order valence-electron chi connectivity index (χ4n) is 2.26. The lowest BCUT2D eigenvalue weighted by Gasteiger charge is -2.09. The number of fused-ring (bicyclic) bond motifs is 1. The number of hydrogen-bond donors (Lipinski definition) is 2. The first-order chi connectivity index (χ1) is 9.76. The lowest BCUT2D eigenvalue weighted by molar-refractivity contribution is 0.410. The highest BCUT2D eigenvalue weighted by molar-refractivity contribution is 5.77. The van der Waals surface area contributed by atoms with E-state index in [0.717, 1.165) is 28.3 Å². The van der Waals surface area contributed by atoms with Gasteiger partial charge in [-0.15, -0.1) is 0 Å². The van der Waals surface area contributed by atoms with Gasteiger partial charge in [0.25, 0.3) is 0 Å². The number of hydrogen-bond acceptors (Lipinski definition) is 3. The van der Waals surface area contributed by atoms with Gasteiger partial charge in [0.15, 0.2) is 0 Å². The Morgan fingerprint density at radius 1 is 1.20 bits per heavy atom. The van der Waals surface area contributed by atoms with Crippen LogP contribution in [0, 0.1) is 6.92 Å². The lowest BCUT2D eigenvalue weighted by atomic mass is 10.1. The van der Waals surface area contributed by atoms with Crippen LogP contribution in [-0.2, 0) is 6.54 Å². The van der Waals surface area contributed by atoms with Crippen molar-refractivity contribution in [2.75, 3.05) is 12.4 Å². The van der Waals surface area contributed by atoms with Gasteiger partial charge in [-0.2, -0.15) is 0 Å². The molecule has 2 aromatic carbocycles. The van der Waals surface area contributed by atoms with Crippen LogP contribution < -0.4 is 10.1 Å². The predicted molar refractivity (Wildman–Crippen MR) is 81.2 cm³/mol. The first kappa shape index (κ1) is 12.5. The summed E-state index contributed by atoms with van der Waals surface area (Å²) in [6.07, 6.45) is 0. The predicted octanol–water partition coefficient (Wildman–Crippen LogP) is 3.49. The highest BCUT2D eigenvalue weighted by Crippen LogP contribution is 2.21. The van der Waals surface area contributed by atoms with Gasteiger partial charge in [0.1, 0.15) is 5.75 Å². The molecule has 0 radical (unpaired) electrons. The van der Waals surface area contributed by atoms with Gasteiger partial charge in [-0.05, 0) is 25.1 Å². The molecule has 0 unspecified atom stereocenters. The number of nitrogens with zero attached hydrogens (tertiary/aromatic N) is 1. The summed E-state index contributed by atoms with van der Waals surface area (Å²) in [4.78, 5) is 7.75. The first-order valence-corrected chi connectivity index (χ1v) is 6.58. The number of aryl methyl sites for hydroxylation is 1. The molecule has 0 spiro atoms. The van der Waals surface area contributed by atoms with Crippen LogP contribution >= 0.6 is 0 Å². The van der Waals surface area contributed by atoms with Gasteiger partial charge in [-0.3, -0.25) is 0 Å². The van der Waals surface area contributed by atoms with Gasteiger partial charge in [0, 0.05) is 12.1 Å². The maximum Gasteiger partial charge on any atom is 0.201 e. The zero-order valence-corrected chi connectivity index (χ0v) is 11.6. The molecule has 0 amide bonds. The first-order valence-electron chi connectivity index (χ1n) is 6.58. The van der Waals surface area contributed by atoms with Crippen LogP contribution in [-0.4, -0.2) is 17.1 Å². The summed E-state index contributed by atoms with van der Waals surface area (Å²) in [5.41, 5.74) is 4.33. The number of para-hydroxylation sites is 2. The molecule has 20 heavy (non-hydrogen) atoms. The van der Waals surface area contributed by atoms with Crippen LogP contribution in [0.5, 0.6) is 5.75 Å². The molecule has 2 N–H and O–H groups in total. The minimum atomic E-state index is 0.671. The highest BCUT2D eigenvalue weighted by atomic mass is 16.5. The van der Waals surface area contributed by atoms with Crippen LogP contribution in [0.4, 0.5) is 5.95 Å². The van der Waals surface area contributed by atoms with Crippen molar-refractivity contribution in [1.29, 1.82) is 0 Å². The molecule has 3 rings (SSSR count). The minimum Gasteiger partial charge on any atom is -0.496 e. The number of nitrogens with one attached hydrogen (secondary N) is 2. The highest BCUT2D eigenvalue weighted by Gasteiger charge is 2.05. The van der Waals surface area contributed by atoms with Gasteiger partial charge in [0.05, 0.1) is 18.1 Å². The van der Waals surface area contributed by atoms with E-state index >= 15 is 0 Å². The summed E-state index contributed by atoms with van der Waals surface area (Å²) < 4.78 is 5.38. The number of methoxy groups -OCH3 is 1. The Kier molecular flexibility index (Phi) is 3.29. The van der Waals surface area contributed by atoms with Gasteiger partial charge in [-0.1, -0.05) is 29.8 Å². The molecule has 0 bridgehead atoms. The van der Waals surface area contributed by atoms with E-state index in [1.165, 1.54) is 5.56 Å². The lowest BCUT2D eigenvalue weighted by Crippen LogP contribution is -2.03. The Bertz CT molecular complexity index is 700. The maximum absolute atomic E-state index is 5.38. The Morgan fingerprint density at radius 3 is 2.85 bits per heavy atom. The molecular weight excluding hydrogens is 250 g/mol. The van der Waals surface area contributed by atoms with Crippen LogP contribution in [0.25, 0.3) is 11.0 Å². The number of rotatable bonds is 4. The smallest absolute Gasteiger partial charge is 0.201 e. The zero-order chi connectivity index (χ0) is 13.9. The molecule has 3 aromatic rings. The van der Waals surface area contributed by atoms with Crippen molar-refractivity contribution < 1.29 is 4.74 Å². The second kappa shape index (κ2) is 5.25. The van der Waals surface area contributed by atoms with E-state index in [0.29, 0.717) is 6.54 Å². The number of ether oxygens (including phenoxy) is 1. The summed E-state index contributed by atoms with van der Waals surface area (Å²) in [5.74, 6) is 1.66. The summed E-state index contributed by atoms with van der Waals surface area (Å²) in [6, 6.07) is 14.1. The van der Waals surface area contributed by atoms with Crippen LogP contribution in [0.3, 0.4) is 0 Å². The van der Waals surface area contributed by atoms with Crippen molar-refractivity contribution in [3.63, 3.8) is 0 Å². The normalized spacial score (nSPS) is 10.7. The minimum absolute atomic E-state index is 0.671. The van der Waals surface area contributed by atoms with Crippen molar-refractivity contribution >= 4 is 17.0 Å². The van der Waals surface area contributed by atoms with E-state index in [1.807, 2.05) is 36.4 Å². The number of aromatic nitrogens is 2. The number of anilines is 1. The van der Waals surface area contributed by atoms with Gasteiger partial charge in [-0.25, -0.2) is 4.98 Å². The molecule has 102 valence electrons. The summed E-state index contributed by atoms with van der Waals surface area (Å²) in [6.45, 7) is 2.74. The molecule has 0 aliphatic heterocycles. The Morgan fingerprint density at radius 2 is 2.05 bits per heavy atom. The quantitative estimate of drug-likeness (QED) is 0.760. The summed E-state index contributed by atoms with van der Waals surface area (Å²) in [5, 5.41) is 3.31. The Balaban J connectivity index is 1.80. The molecule has 0 fully saturated rings. The molecule has 0 saturated heterocycles. The number of imidazole rings is 1. The second-order valence-electron chi connectivity index (χ2n) is 4.77. The SMILES string of the molecule is COc1ccc(C)cc1CNc1nc2ccccc2[nH]1. The number of aromatic amines is 1. The Labute approximate surface area is 117 Å². The zero-order valence-electron chi connectivity index (χ0n) is 11.6. The fraction of sp³-hybridized carbons (Fsp3) is 0.188. The van der Waals surface area contributed by atoms with Crippen molar-refractivity contribution in [1.82, 2.24) is 9.97 Å². The van der Waals surface area contributed by atoms with Crippen LogP contribution in [0.15, 0.2) is 42.5 Å². The number of benzene rings is 2. The monoisotopic (exact) mass is 267 g/mol. The van der Waals surface area contributed by atoms with Crippen molar-refractivity contribution in [3.05, 3.63) is 53.6 Å². The van der Waals surface area contributed by atoms with Gasteiger partial charge in [0.2, 0.25) is 5.95 Å². The van der Waals surface area contributed by atoms with Gasteiger partial charge < -0.3 is 15.0 Å². The largest absolute Gasteiger partial charge is 0.496 e. The van der Waals surface area contributed by atoms with Crippen LogP contribution in [0.2, 0.25) is 0 Å². The molecular formula is C16H17N3O. The average Bonchev–Trinajstić information content (AvgIpc) is 2.88. The Hall–Kier alpha value is -2.49. The number of H-pyrrole nitrogens is 1. The van der Waals surface area contributed by atoms with Crippen LogP contribution in [0.1, 0.15) is 11.1 Å². The summed E-state index contributed by atoms with van der Waals surface area (Å²) >= 11 is 0. The molecule has 4 heteroatoms. The van der Waals surface area contributed by atoms with E-state index < -0.39 is 0 Å². The molecule has 0 atom stereocenters. The van der Waals surface area contributed by atoms with Crippen molar-refractivity contribution in [2.45, 2.75) is 13.5 Å². The standard InChI is InChI=1S/C16H17N3O/c1-11-7-8-15(20-2)12(9-11)10-17-16-18-13-5-3-4-6-14(13)19-16/h3-9H,10H2,1-2H3,(H2,17,18,19). The molecule has 0 aliphatic rings. The van der Waals surface area contributed by atoms with E-state index in [2.05, 4.69) is 28.3 Å². The van der Waals surface area contributed by atoms with E-state index in [1.54, 1.807) is 7.11 Å². The molecule has 1 heterocycles. The van der Waals surface area contributed by atoms with Crippen molar-refractivity contribution in [2.24, 2.45) is 0 Å². The third kappa shape index (κ3) is 2.45. The van der Waals surface area contributed by atoms with E-state index in [-0.39, 0.29) is 0 Å². The maximum atomic E-state index is 5.38. The second-order valence-corrected chi connectivity index (χ2v) is 4.77. The molecule has 4 nitrogen and oxygen atoms in total. The van der Waals surface area contributed by atoms with Crippen molar-refractivity contribution in [3.8, 4) is 5.75 Å². The third-order valence-electron chi connectivity index (χ3n) is 3.27. The fourth-order valence-corrected chi connectivity index (χ4v) is 2.26. The molecule has 0 saturated carbocycles. The van der Waals surface area contributed by atoms with E-state index in [4.69, 9.17) is 4.74 Å². The molecule has 1 aromatic heterocycles. The van der Waals surface area contributed by atoms with E-state index in [9.17, 15) is 0 Å². The molecule has 0 aliphatic carbocycles.